The third kappa shape index (κ3) is 5.16. The Morgan fingerprint density at radius 2 is 2.05 bits per heavy atom. The number of amides is 1. The number of carbonyl (C=O) groups is 1. The number of hydrogen-bond acceptors (Lipinski definition) is 2. The zero-order chi connectivity index (χ0) is 15.2. The first-order valence-electron chi connectivity index (χ1n) is 6.93. The smallest absolute Gasteiger partial charge is 0.275 e. The summed E-state index contributed by atoms with van der Waals surface area (Å²) in [6, 6.07) is 11.7. The third-order valence-electron chi connectivity index (χ3n) is 3.27. The summed E-state index contributed by atoms with van der Waals surface area (Å²) in [7, 11) is 2.03. The lowest BCUT2D eigenvalue weighted by Crippen LogP contribution is -3.08. The van der Waals surface area contributed by atoms with Crippen molar-refractivity contribution < 1.29 is 9.69 Å². The monoisotopic (exact) mass is 323 g/mol. The average Bonchev–Trinajstić information content (AvgIpc) is 2.91. The number of benzene rings is 1. The SMILES string of the molecule is C[C@@H](NC(=O)C[NH+](C)Cc1cccs1)c1ccc(Cl)cc1. The molecule has 0 aliphatic heterocycles. The summed E-state index contributed by atoms with van der Waals surface area (Å²) in [6.45, 7) is 3.33. The first-order chi connectivity index (χ1) is 10.0. The van der Waals surface area contributed by atoms with E-state index in [1.165, 1.54) is 9.78 Å². The number of thiophene rings is 1. The van der Waals surface area contributed by atoms with Crippen LogP contribution in [0.1, 0.15) is 23.4 Å². The van der Waals surface area contributed by atoms with Gasteiger partial charge in [0.1, 0.15) is 6.54 Å². The second-order valence-electron chi connectivity index (χ2n) is 5.23. The van der Waals surface area contributed by atoms with Gasteiger partial charge in [-0.05, 0) is 36.1 Å². The first kappa shape index (κ1) is 16.0. The molecular weight excluding hydrogens is 304 g/mol. The molecule has 0 spiro atoms. The van der Waals surface area contributed by atoms with Crippen molar-refractivity contribution in [3.63, 3.8) is 0 Å². The van der Waals surface area contributed by atoms with Crippen LogP contribution in [0.25, 0.3) is 0 Å². The molecular formula is C16H20ClN2OS+. The van der Waals surface area contributed by atoms with E-state index >= 15 is 0 Å². The predicted octanol–water partition coefficient (Wildman–Crippen LogP) is 2.29. The van der Waals surface area contributed by atoms with Gasteiger partial charge in [0.25, 0.3) is 5.91 Å². The van der Waals surface area contributed by atoms with E-state index in [0.29, 0.717) is 11.6 Å². The van der Waals surface area contributed by atoms with Gasteiger partial charge in [0.15, 0.2) is 6.54 Å². The summed E-state index contributed by atoms with van der Waals surface area (Å²) >= 11 is 7.59. The summed E-state index contributed by atoms with van der Waals surface area (Å²) in [4.78, 5) is 14.6. The van der Waals surface area contributed by atoms with Crippen LogP contribution in [0.15, 0.2) is 41.8 Å². The molecule has 3 nitrogen and oxygen atoms in total. The fraction of sp³-hybridized carbons (Fsp3) is 0.312. The summed E-state index contributed by atoms with van der Waals surface area (Å²) in [6.07, 6.45) is 0. The van der Waals surface area contributed by atoms with Crippen LogP contribution >= 0.6 is 22.9 Å². The van der Waals surface area contributed by atoms with Crippen LogP contribution in [0.5, 0.6) is 0 Å². The Kier molecular flexibility index (Phi) is 5.79. The second-order valence-corrected chi connectivity index (χ2v) is 6.70. The molecule has 112 valence electrons. The lowest BCUT2D eigenvalue weighted by molar-refractivity contribution is -0.885. The first-order valence-corrected chi connectivity index (χ1v) is 8.19. The lowest BCUT2D eigenvalue weighted by Gasteiger charge is -2.17. The molecule has 2 N–H and O–H groups in total. The minimum atomic E-state index is -0.00990. The van der Waals surface area contributed by atoms with Crippen LogP contribution in [0.4, 0.5) is 0 Å². The number of quaternary nitrogens is 1. The van der Waals surface area contributed by atoms with Crippen molar-refractivity contribution in [1.82, 2.24) is 5.32 Å². The Balaban J connectivity index is 1.82. The van der Waals surface area contributed by atoms with E-state index in [4.69, 9.17) is 11.6 Å². The maximum Gasteiger partial charge on any atom is 0.275 e. The Labute approximate surface area is 134 Å². The molecule has 21 heavy (non-hydrogen) atoms. The van der Waals surface area contributed by atoms with Gasteiger partial charge in [-0.2, -0.15) is 0 Å². The highest BCUT2D eigenvalue weighted by molar-refractivity contribution is 7.09. The van der Waals surface area contributed by atoms with E-state index in [0.717, 1.165) is 12.1 Å². The molecule has 0 saturated carbocycles. The summed E-state index contributed by atoms with van der Waals surface area (Å²) in [5.74, 6) is 0.0616. The molecule has 0 fully saturated rings. The number of nitrogens with one attached hydrogen (secondary N) is 2. The maximum atomic E-state index is 12.1. The molecule has 2 atom stereocenters. The number of carbonyl (C=O) groups excluding carboxylic acids is 1. The second kappa shape index (κ2) is 7.59. The maximum absolute atomic E-state index is 12.1. The zero-order valence-electron chi connectivity index (χ0n) is 12.2. The molecule has 2 aromatic rings. The van der Waals surface area contributed by atoms with Crippen molar-refractivity contribution in [3.05, 3.63) is 57.2 Å². The van der Waals surface area contributed by atoms with E-state index in [9.17, 15) is 4.79 Å². The Bertz CT molecular complexity index is 568. The van der Waals surface area contributed by atoms with Gasteiger partial charge in [0.05, 0.1) is 18.0 Å². The van der Waals surface area contributed by atoms with Gasteiger partial charge in [-0.3, -0.25) is 4.79 Å². The Morgan fingerprint density at radius 1 is 1.33 bits per heavy atom. The molecule has 0 saturated heterocycles. The molecule has 1 amide bonds. The molecule has 0 bridgehead atoms. The number of likely N-dealkylation sites (N-methyl/N-ethyl adjacent to an activating group) is 1. The lowest BCUT2D eigenvalue weighted by atomic mass is 10.1. The minimum absolute atomic E-state index is 0.00990. The number of hydrogen-bond donors (Lipinski definition) is 2. The third-order valence-corrected chi connectivity index (χ3v) is 4.39. The zero-order valence-corrected chi connectivity index (χ0v) is 13.8. The molecule has 0 radical (unpaired) electrons. The number of rotatable bonds is 6. The van der Waals surface area contributed by atoms with Crippen LogP contribution in [0.2, 0.25) is 5.02 Å². The van der Waals surface area contributed by atoms with Gasteiger partial charge in [-0.15, -0.1) is 11.3 Å². The van der Waals surface area contributed by atoms with Crippen LogP contribution in [-0.2, 0) is 11.3 Å². The molecule has 1 aromatic carbocycles. The standard InChI is InChI=1S/C16H19ClN2OS/c1-12(13-5-7-14(17)8-6-13)18-16(20)11-19(2)10-15-4-3-9-21-15/h3-9,12H,10-11H2,1-2H3,(H,18,20)/p+1/t12-/m1/s1. The van der Waals surface area contributed by atoms with E-state index in [1.807, 2.05) is 44.3 Å². The summed E-state index contributed by atoms with van der Waals surface area (Å²) < 4.78 is 0. The van der Waals surface area contributed by atoms with E-state index in [1.54, 1.807) is 11.3 Å². The Hall–Kier alpha value is -1.36. The predicted molar refractivity (Wildman–Crippen MR) is 87.8 cm³/mol. The van der Waals surface area contributed by atoms with Gasteiger partial charge in [-0.25, -0.2) is 0 Å². The fourth-order valence-corrected chi connectivity index (χ4v) is 3.12. The van der Waals surface area contributed by atoms with Crippen molar-refractivity contribution in [1.29, 1.82) is 0 Å². The van der Waals surface area contributed by atoms with Gasteiger partial charge in [0.2, 0.25) is 0 Å². The quantitative estimate of drug-likeness (QED) is 0.840. The van der Waals surface area contributed by atoms with Crippen molar-refractivity contribution >= 4 is 28.8 Å². The van der Waals surface area contributed by atoms with Gasteiger partial charge >= 0.3 is 0 Å². The van der Waals surface area contributed by atoms with E-state index in [-0.39, 0.29) is 11.9 Å². The van der Waals surface area contributed by atoms with Crippen molar-refractivity contribution in [3.8, 4) is 0 Å². The minimum Gasteiger partial charge on any atom is -0.345 e. The summed E-state index contributed by atoms with van der Waals surface area (Å²) in [5.41, 5.74) is 1.06. The topological polar surface area (TPSA) is 33.5 Å². The van der Waals surface area contributed by atoms with Gasteiger partial charge in [-0.1, -0.05) is 29.8 Å². The highest BCUT2D eigenvalue weighted by atomic mass is 35.5. The van der Waals surface area contributed by atoms with Crippen LogP contribution in [-0.4, -0.2) is 19.5 Å². The molecule has 2 rings (SSSR count). The summed E-state index contributed by atoms with van der Waals surface area (Å²) in [5, 5.41) is 5.79. The van der Waals surface area contributed by atoms with Crippen LogP contribution in [0.3, 0.4) is 0 Å². The molecule has 1 unspecified atom stereocenters. The van der Waals surface area contributed by atoms with Crippen LogP contribution in [0, 0.1) is 0 Å². The largest absolute Gasteiger partial charge is 0.345 e. The molecule has 5 heteroatoms. The average molecular weight is 324 g/mol. The van der Waals surface area contributed by atoms with Crippen molar-refractivity contribution in [2.45, 2.75) is 19.5 Å². The van der Waals surface area contributed by atoms with E-state index in [2.05, 4.69) is 16.8 Å². The van der Waals surface area contributed by atoms with E-state index < -0.39 is 0 Å². The van der Waals surface area contributed by atoms with Crippen molar-refractivity contribution in [2.24, 2.45) is 0 Å². The molecule has 1 heterocycles. The molecule has 0 aliphatic carbocycles. The van der Waals surface area contributed by atoms with Crippen molar-refractivity contribution in [2.75, 3.05) is 13.6 Å². The fourth-order valence-electron chi connectivity index (χ4n) is 2.17. The Morgan fingerprint density at radius 3 is 2.67 bits per heavy atom. The molecule has 0 aliphatic rings. The van der Waals surface area contributed by atoms with Gasteiger partial charge in [0, 0.05) is 5.02 Å². The number of halogens is 1. The normalized spacial score (nSPS) is 13.7. The van der Waals surface area contributed by atoms with Gasteiger partial charge < -0.3 is 10.2 Å². The highest BCUT2D eigenvalue weighted by Crippen LogP contribution is 2.15. The van der Waals surface area contributed by atoms with Crippen LogP contribution < -0.4 is 10.2 Å². The molecule has 1 aromatic heterocycles. The highest BCUT2D eigenvalue weighted by Gasteiger charge is 2.14.